The van der Waals surface area contributed by atoms with Gasteiger partial charge in [0.05, 0.1) is 17.4 Å². The topological polar surface area (TPSA) is 110 Å². The molecule has 11 heteroatoms. The van der Waals surface area contributed by atoms with Gasteiger partial charge >= 0.3 is 0 Å². The largest absolute Gasteiger partial charge is 0.344 e. The lowest BCUT2D eigenvalue weighted by Gasteiger charge is -2.27. The summed E-state index contributed by atoms with van der Waals surface area (Å²) in [4.78, 5) is 36.5. The summed E-state index contributed by atoms with van der Waals surface area (Å²) in [5, 5.41) is 5.19. The molecule has 160 valence electrons. The van der Waals surface area contributed by atoms with E-state index in [-0.39, 0.29) is 11.6 Å². The average Bonchev–Trinajstić information content (AvgIpc) is 3.53. The van der Waals surface area contributed by atoms with Crippen LogP contribution in [0.15, 0.2) is 47.9 Å². The molecule has 1 saturated heterocycles. The second-order valence-corrected chi connectivity index (χ2v) is 8.15. The van der Waals surface area contributed by atoms with Gasteiger partial charge in [-0.1, -0.05) is 17.7 Å². The Morgan fingerprint density at radius 1 is 1.19 bits per heavy atom. The molecule has 6 heterocycles. The first-order valence-electron chi connectivity index (χ1n) is 10.3. The number of fused-ring (bicyclic) bond motifs is 2. The van der Waals surface area contributed by atoms with E-state index in [1.807, 2.05) is 25.1 Å². The Kier molecular flexibility index (Phi) is 4.22. The number of halogens is 1. The molecule has 0 spiro atoms. The molecule has 0 aromatic carbocycles. The molecule has 5 aromatic heterocycles. The van der Waals surface area contributed by atoms with Crippen molar-refractivity contribution < 1.29 is 0 Å². The van der Waals surface area contributed by atoms with Gasteiger partial charge in [-0.2, -0.15) is 5.10 Å². The predicted molar refractivity (Wildman–Crippen MR) is 119 cm³/mol. The molecular weight excluding hydrogens is 430 g/mol. The fourth-order valence-electron chi connectivity index (χ4n) is 4.40. The van der Waals surface area contributed by atoms with Crippen LogP contribution in [0.1, 0.15) is 30.4 Å². The van der Waals surface area contributed by atoms with Crippen molar-refractivity contribution in [2.24, 2.45) is 0 Å². The van der Waals surface area contributed by atoms with Crippen LogP contribution in [0.4, 0.5) is 5.82 Å². The van der Waals surface area contributed by atoms with E-state index in [9.17, 15) is 4.79 Å². The molecule has 0 bridgehead atoms. The molecular formula is C21H18ClN9O. The Morgan fingerprint density at radius 2 is 2.09 bits per heavy atom. The number of nitrogens with one attached hydrogen (secondary N) is 1. The first-order valence-corrected chi connectivity index (χ1v) is 10.6. The van der Waals surface area contributed by atoms with Crippen molar-refractivity contribution in [3.8, 4) is 5.82 Å². The number of H-pyrrole nitrogens is 1. The van der Waals surface area contributed by atoms with Crippen molar-refractivity contribution in [3.63, 3.8) is 0 Å². The second kappa shape index (κ2) is 7.13. The molecule has 1 N–H and O–H groups in total. The molecule has 1 fully saturated rings. The van der Waals surface area contributed by atoms with Crippen LogP contribution >= 0.6 is 11.6 Å². The molecule has 1 unspecified atom stereocenters. The number of nitrogens with zero attached hydrogens (tertiary/aromatic N) is 8. The van der Waals surface area contributed by atoms with Gasteiger partial charge in [0.1, 0.15) is 23.2 Å². The third kappa shape index (κ3) is 2.79. The van der Waals surface area contributed by atoms with Gasteiger partial charge in [0, 0.05) is 18.4 Å². The van der Waals surface area contributed by atoms with Gasteiger partial charge in [0.25, 0.3) is 5.56 Å². The maximum Gasteiger partial charge on any atom is 0.285 e. The smallest absolute Gasteiger partial charge is 0.285 e. The maximum absolute atomic E-state index is 13.6. The summed E-state index contributed by atoms with van der Waals surface area (Å²) in [6.07, 6.45) is 6.54. The Balaban J connectivity index is 1.61. The van der Waals surface area contributed by atoms with E-state index < -0.39 is 0 Å². The van der Waals surface area contributed by atoms with E-state index in [0.29, 0.717) is 27.8 Å². The molecule has 1 atom stereocenters. The van der Waals surface area contributed by atoms with Crippen LogP contribution in [-0.2, 0) is 0 Å². The summed E-state index contributed by atoms with van der Waals surface area (Å²) in [5.74, 6) is 1.83. The van der Waals surface area contributed by atoms with Gasteiger partial charge in [-0.25, -0.2) is 29.0 Å². The molecule has 0 radical (unpaired) electrons. The number of aromatic nitrogens is 8. The minimum atomic E-state index is -0.260. The molecule has 1 aliphatic heterocycles. The van der Waals surface area contributed by atoms with E-state index >= 15 is 0 Å². The number of imidazole rings is 1. The van der Waals surface area contributed by atoms with Crippen LogP contribution in [0.3, 0.4) is 0 Å². The summed E-state index contributed by atoms with van der Waals surface area (Å²) in [6, 6.07) is 7.06. The Bertz CT molecular complexity index is 1540. The van der Waals surface area contributed by atoms with Crippen molar-refractivity contribution in [2.45, 2.75) is 25.8 Å². The minimum Gasteiger partial charge on any atom is -0.344 e. The highest BCUT2D eigenvalue weighted by Gasteiger charge is 2.34. The third-order valence-electron chi connectivity index (χ3n) is 5.79. The van der Waals surface area contributed by atoms with Gasteiger partial charge < -0.3 is 9.88 Å². The summed E-state index contributed by atoms with van der Waals surface area (Å²) in [5.41, 5.74) is 2.22. The zero-order chi connectivity index (χ0) is 21.8. The zero-order valence-corrected chi connectivity index (χ0v) is 17.9. The molecule has 5 aromatic rings. The number of aromatic amines is 1. The van der Waals surface area contributed by atoms with Crippen LogP contribution in [0, 0.1) is 6.92 Å². The van der Waals surface area contributed by atoms with Crippen molar-refractivity contribution >= 4 is 34.1 Å². The Hall–Kier alpha value is -3.79. The number of pyridine rings is 1. The molecule has 32 heavy (non-hydrogen) atoms. The quantitative estimate of drug-likeness (QED) is 0.452. The van der Waals surface area contributed by atoms with Crippen molar-refractivity contribution in [1.29, 1.82) is 0 Å². The van der Waals surface area contributed by atoms with E-state index in [2.05, 4.69) is 29.8 Å². The van der Waals surface area contributed by atoms with Crippen molar-refractivity contribution in [3.05, 3.63) is 70.0 Å². The Labute approximate surface area is 186 Å². The van der Waals surface area contributed by atoms with Crippen LogP contribution < -0.4 is 10.5 Å². The van der Waals surface area contributed by atoms with E-state index in [1.54, 1.807) is 27.7 Å². The first-order chi connectivity index (χ1) is 15.6. The number of aryl methyl sites for hydroxylation is 1. The van der Waals surface area contributed by atoms with Gasteiger partial charge in [-0.05, 0) is 38.0 Å². The summed E-state index contributed by atoms with van der Waals surface area (Å²) in [6.45, 7) is 2.65. The van der Waals surface area contributed by atoms with Crippen LogP contribution in [-0.4, -0.2) is 45.6 Å². The van der Waals surface area contributed by atoms with E-state index in [1.165, 1.54) is 6.33 Å². The molecule has 0 amide bonds. The maximum atomic E-state index is 13.6. The summed E-state index contributed by atoms with van der Waals surface area (Å²) in [7, 11) is 0. The monoisotopic (exact) mass is 447 g/mol. The second-order valence-electron chi connectivity index (χ2n) is 7.74. The third-order valence-corrected chi connectivity index (χ3v) is 6.10. The number of anilines is 1. The molecule has 10 nitrogen and oxygen atoms in total. The van der Waals surface area contributed by atoms with Crippen LogP contribution in [0.5, 0.6) is 0 Å². The average molecular weight is 448 g/mol. The standard InChI is InChI=1S/C21H18ClN9O/c1-12-4-2-6-15(27-12)31-19(28-30-9-7-13(22)17(30)21(31)32)14-5-3-8-29(14)20-16-18(24-10-23-16)25-11-26-20/h2,4,6-7,9-11,14H,3,5,8H2,1H3,(H,23,24,25,26). The normalized spacial score (nSPS) is 16.4. The molecule has 0 saturated carbocycles. The van der Waals surface area contributed by atoms with Gasteiger partial charge in [-0.3, -0.25) is 4.79 Å². The van der Waals surface area contributed by atoms with Crippen LogP contribution in [0.2, 0.25) is 5.02 Å². The molecule has 0 aliphatic carbocycles. The predicted octanol–water partition coefficient (Wildman–Crippen LogP) is 2.85. The molecule has 1 aliphatic rings. The fourth-order valence-corrected chi connectivity index (χ4v) is 4.62. The van der Waals surface area contributed by atoms with Crippen molar-refractivity contribution in [1.82, 2.24) is 39.1 Å². The first kappa shape index (κ1) is 18.9. The van der Waals surface area contributed by atoms with Gasteiger partial charge in [0.2, 0.25) is 0 Å². The highest BCUT2D eigenvalue weighted by Crippen LogP contribution is 2.36. The fraction of sp³-hybridized carbons (Fsp3) is 0.238. The SMILES string of the molecule is Cc1cccc(-n2c(C3CCCN3c3ncnc4nc[nH]c34)nn3ccc(Cl)c3c2=O)n1. The number of rotatable bonds is 3. The number of hydrogen-bond acceptors (Lipinski definition) is 7. The van der Waals surface area contributed by atoms with Gasteiger partial charge in [-0.15, -0.1) is 0 Å². The summed E-state index contributed by atoms with van der Waals surface area (Å²) < 4.78 is 3.12. The minimum absolute atomic E-state index is 0.197. The van der Waals surface area contributed by atoms with E-state index in [0.717, 1.165) is 36.4 Å². The number of hydrogen-bond donors (Lipinski definition) is 1. The van der Waals surface area contributed by atoms with E-state index in [4.69, 9.17) is 16.7 Å². The summed E-state index contributed by atoms with van der Waals surface area (Å²) >= 11 is 6.33. The highest BCUT2D eigenvalue weighted by molar-refractivity contribution is 6.33. The highest BCUT2D eigenvalue weighted by atomic mass is 35.5. The molecule has 6 rings (SSSR count). The van der Waals surface area contributed by atoms with Crippen LogP contribution in [0.25, 0.3) is 22.5 Å². The Morgan fingerprint density at radius 3 is 2.97 bits per heavy atom. The lowest BCUT2D eigenvalue weighted by Crippen LogP contribution is -2.33. The lowest BCUT2D eigenvalue weighted by molar-refractivity contribution is 0.597. The zero-order valence-electron chi connectivity index (χ0n) is 17.1. The van der Waals surface area contributed by atoms with Gasteiger partial charge in [0.15, 0.2) is 17.3 Å². The van der Waals surface area contributed by atoms with Crippen molar-refractivity contribution in [2.75, 3.05) is 11.4 Å². The lowest BCUT2D eigenvalue weighted by atomic mass is 10.2.